The summed E-state index contributed by atoms with van der Waals surface area (Å²) >= 11 is 0. The van der Waals surface area contributed by atoms with Gasteiger partial charge in [0.2, 0.25) is 10.0 Å². The molecule has 1 aromatic heterocycles. The molecule has 36 heavy (non-hydrogen) atoms. The molecule has 0 radical (unpaired) electrons. The SMILES string of the molecule is COC1CN(c2ccc(CN3C(C)CCC(c4ccccc4)S3(=O)=O)c(C)c2)CCC1n1cnnc1. The van der Waals surface area contributed by atoms with Crippen molar-refractivity contribution in [3.63, 3.8) is 0 Å². The van der Waals surface area contributed by atoms with Gasteiger partial charge in [-0.2, -0.15) is 4.31 Å². The molecule has 0 amide bonds. The number of rotatable bonds is 6. The minimum Gasteiger partial charge on any atom is -0.377 e. The average molecular weight is 510 g/mol. The highest BCUT2D eigenvalue weighted by Crippen LogP contribution is 2.38. The van der Waals surface area contributed by atoms with Crippen molar-refractivity contribution in [2.75, 3.05) is 25.1 Å². The molecule has 192 valence electrons. The highest BCUT2D eigenvalue weighted by molar-refractivity contribution is 7.89. The molecule has 2 aromatic carbocycles. The van der Waals surface area contributed by atoms with Crippen LogP contribution in [0, 0.1) is 6.92 Å². The van der Waals surface area contributed by atoms with Gasteiger partial charge < -0.3 is 14.2 Å². The van der Waals surface area contributed by atoms with Crippen molar-refractivity contribution in [2.24, 2.45) is 0 Å². The molecule has 0 bridgehead atoms. The lowest BCUT2D eigenvalue weighted by Gasteiger charge is -2.39. The van der Waals surface area contributed by atoms with Crippen molar-refractivity contribution in [2.45, 2.75) is 63.1 Å². The number of hydrogen-bond donors (Lipinski definition) is 0. The van der Waals surface area contributed by atoms with Crippen molar-refractivity contribution < 1.29 is 13.2 Å². The Hall–Kier alpha value is -2.75. The molecule has 9 heteroatoms. The minimum atomic E-state index is -3.46. The Bertz CT molecular complexity index is 1270. The van der Waals surface area contributed by atoms with E-state index < -0.39 is 15.3 Å². The van der Waals surface area contributed by atoms with Crippen LogP contribution in [0.2, 0.25) is 0 Å². The van der Waals surface area contributed by atoms with E-state index in [0.29, 0.717) is 13.0 Å². The predicted octanol–water partition coefficient (Wildman–Crippen LogP) is 4.11. The van der Waals surface area contributed by atoms with E-state index in [9.17, 15) is 8.42 Å². The molecule has 8 nitrogen and oxygen atoms in total. The molecule has 0 aliphatic carbocycles. The van der Waals surface area contributed by atoms with Crippen LogP contribution in [0.4, 0.5) is 5.69 Å². The molecule has 0 saturated carbocycles. The van der Waals surface area contributed by atoms with Gasteiger partial charge in [-0.25, -0.2) is 8.42 Å². The summed E-state index contributed by atoms with van der Waals surface area (Å²) in [6, 6.07) is 16.2. The third-order valence-corrected chi connectivity index (χ3v) is 10.2. The van der Waals surface area contributed by atoms with Gasteiger partial charge in [0, 0.05) is 38.5 Å². The van der Waals surface area contributed by atoms with Gasteiger partial charge >= 0.3 is 0 Å². The second kappa shape index (κ2) is 10.3. The fourth-order valence-electron chi connectivity index (χ4n) is 5.67. The first-order valence-corrected chi connectivity index (χ1v) is 14.2. The van der Waals surface area contributed by atoms with Crippen LogP contribution in [0.1, 0.15) is 54.2 Å². The zero-order chi connectivity index (χ0) is 25.3. The maximum atomic E-state index is 13.6. The molecule has 2 aliphatic rings. The second-order valence-corrected chi connectivity index (χ2v) is 12.1. The Balaban J connectivity index is 1.32. The molecule has 0 spiro atoms. The van der Waals surface area contributed by atoms with Gasteiger partial charge in [-0.3, -0.25) is 0 Å². The quantitative estimate of drug-likeness (QED) is 0.498. The molecule has 4 unspecified atom stereocenters. The average Bonchev–Trinajstić information content (AvgIpc) is 3.42. The Morgan fingerprint density at radius 1 is 1.03 bits per heavy atom. The van der Waals surface area contributed by atoms with Crippen molar-refractivity contribution in [3.8, 4) is 0 Å². The summed E-state index contributed by atoms with van der Waals surface area (Å²) in [5.74, 6) is 0. The number of benzene rings is 2. The van der Waals surface area contributed by atoms with Crippen molar-refractivity contribution >= 4 is 15.7 Å². The van der Waals surface area contributed by atoms with E-state index in [1.807, 2.05) is 41.8 Å². The van der Waals surface area contributed by atoms with Crippen LogP contribution in [-0.2, 0) is 21.3 Å². The number of sulfonamides is 1. The number of piperidine rings is 1. The predicted molar refractivity (Wildman–Crippen MR) is 140 cm³/mol. The molecule has 2 fully saturated rings. The number of hydrogen-bond acceptors (Lipinski definition) is 6. The van der Waals surface area contributed by atoms with Crippen molar-refractivity contribution in [3.05, 3.63) is 77.9 Å². The number of ether oxygens (including phenoxy) is 1. The van der Waals surface area contributed by atoms with E-state index in [4.69, 9.17) is 4.74 Å². The van der Waals surface area contributed by atoms with Crippen LogP contribution in [0.15, 0.2) is 61.2 Å². The summed E-state index contributed by atoms with van der Waals surface area (Å²) in [4.78, 5) is 2.34. The van der Waals surface area contributed by atoms with Crippen LogP contribution in [0.3, 0.4) is 0 Å². The molecule has 3 heterocycles. The standard InChI is InChI=1S/C27H35N5O3S/c1-20-15-24(30-14-13-25(26(17-30)35-3)31-18-28-29-19-31)11-10-23(20)16-32-21(2)9-12-27(36(32,33)34)22-7-5-4-6-8-22/h4-8,10-11,15,18-19,21,25-27H,9,12-14,16-17H2,1-3H3. The van der Waals surface area contributed by atoms with Gasteiger partial charge in [-0.15, -0.1) is 10.2 Å². The lowest BCUT2D eigenvalue weighted by atomic mass is 9.99. The van der Waals surface area contributed by atoms with Gasteiger partial charge in [-0.1, -0.05) is 36.4 Å². The van der Waals surface area contributed by atoms with Gasteiger partial charge in [0.1, 0.15) is 17.9 Å². The molecule has 5 rings (SSSR count). The second-order valence-electron chi connectivity index (χ2n) is 10.0. The first-order valence-electron chi connectivity index (χ1n) is 12.7. The zero-order valence-electron chi connectivity index (χ0n) is 21.2. The lowest BCUT2D eigenvalue weighted by Crippen LogP contribution is -2.45. The van der Waals surface area contributed by atoms with Gasteiger partial charge in [0.15, 0.2) is 0 Å². The van der Waals surface area contributed by atoms with E-state index in [-0.39, 0.29) is 18.2 Å². The molecule has 2 saturated heterocycles. The molecular weight excluding hydrogens is 474 g/mol. The number of aromatic nitrogens is 3. The zero-order valence-corrected chi connectivity index (χ0v) is 22.0. The Labute approximate surface area is 213 Å². The molecular formula is C27H35N5O3S. The fraction of sp³-hybridized carbons (Fsp3) is 0.481. The summed E-state index contributed by atoms with van der Waals surface area (Å²) in [6.07, 6.45) is 5.99. The number of anilines is 1. The van der Waals surface area contributed by atoms with Crippen LogP contribution in [-0.4, -0.2) is 59.8 Å². The smallest absolute Gasteiger partial charge is 0.221 e. The minimum absolute atomic E-state index is 0.0202. The van der Waals surface area contributed by atoms with E-state index in [1.54, 1.807) is 24.1 Å². The van der Waals surface area contributed by atoms with Crippen molar-refractivity contribution in [1.29, 1.82) is 0 Å². The summed E-state index contributed by atoms with van der Waals surface area (Å²) < 4.78 is 36.9. The van der Waals surface area contributed by atoms with E-state index in [0.717, 1.165) is 48.3 Å². The first-order chi connectivity index (χ1) is 17.4. The lowest BCUT2D eigenvalue weighted by molar-refractivity contribution is 0.0472. The number of methoxy groups -OCH3 is 1. The summed E-state index contributed by atoms with van der Waals surface area (Å²) in [7, 11) is -1.70. The highest BCUT2D eigenvalue weighted by atomic mass is 32.2. The van der Waals surface area contributed by atoms with E-state index in [1.165, 1.54) is 0 Å². The Morgan fingerprint density at radius 2 is 1.78 bits per heavy atom. The maximum absolute atomic E-state index is 13.6. The third-order valence-electron chi connectivity index (χ3n) is 7.86. The maximum Gasteiger partial charge on any atom is 0.221 e. The summed E-state index contributed by atoms with van der Waals surface area (Å²) in [5, 5.41) is 7.41. The molecule has 3 aromatic rings. The summed E-state index contributed by atoms with van der Waals surface area (Å²) in [6.45, 7) is 6.17. The van der Waals surface area contributed by atoms with Crippen LogP contribution >= 0.6 is 0 Å². The number of aryl methyl sites for hydroxylation is 1. The Morgan fingerprint density at radius 3 is 2.47 bits per heavy atom. The van der Waals surface area contributed by atoms with Crippen LogP contribution in [0.25, 0.3) is 0 Å². The highest BCUT2D eigenvalue weighted by Gasteiger charge is 2.40. The van der Waals surface area contributed by atoms with Crippen molar-refractivity contribution in [1.82, 2.24) is 19.1 Å². The molecule has 0 N–H and O–H groups in total. The van der Waals surface area contributed by atoms with Crippen LogP contribution < -0.4 is 4.90 Å². The largest absolute Gasteiger partial charge is 0.377 e. The van der Waals surface area contributed by atoms with Gasteiger partial charge in [0.25, 0.3) is 0 Å². The fourth-order valence-corrected chi connectivity index (χ4v) is 7.85. The van der Waals surface area contributed by atoms with Gasteiger partial charge in [-0.05, 0) is 61.9 Å². The number of nitrogens with zero attached hydrogens (tertiary/aromatic N) is 5. The van der Waals surface area contributed by atoms with Crippen LogP contribution in [0.5, 0.6) is 0 Å². The third kappa shape index (κ3) is 4.79. The molecule has 2 aliphatic heterocycles. The first kappa shape index (κ1) is 24.9. The normalized spacial score (nSPS) is 26.7. The van der Waals surface area contributed by atoms with E-state index >= 15 is 0 Å². The van der Waals surface area contributed by atoms with E-state index in [2.05, 4.69) is 40.2 Å². The Kier molecular flexibility index (Phi) is 7.14. The van der Waals surface area contributed by atoms with Gasteiger partial charge in [0.05, 0.1) is 12.1 Å². The topological polar surface area (TPSA) is 80.6 Å². The monoisotopic (exact) mass is 509 g/mol. The summed E-state index contributed by atoms with van der Waals surface area (Å²) in [5.41, 5.74) is 4.17. The molecule has 4 atom stereocenters.